The van der Waals surface area contributed by atoms with E-state index in [9.17, 15) is 9.59 Å². The van der Waals surface area contributed by atoms with Crippen LogP contribution in [0.15, 0.2) is 24.3 Å². The molecular formula is C17H21N3O2. The molecule has 1 aliphatic carbocycles. The molecule has 1 aromatic carbocycles. The minimum atomic E-state index is -0.328. The number of anilines is 1. The lowest BCUT2D eigenvalue weighted by Gasteiger charge is -2.20. The van der Waals surface area contributed by atoms with Crippen LogP contribution in [0, 0.1) is 17.2 Å². The zero-order valence-corrected chi connectivity index (χ0v) is 12.6. The van der Waals surface area contributed by atoms with Gasteiger partial charge in [-0.25, -0.2) is 0 Å². The Morgan fingerprint density at radius 3 is 2.73 bits per heavy atom. The monoisotopic (exact) mass is 299 g/mol. The molecule has 1 saturated carbocycles. The number of amides is 2. The lowest BCUT2D eigenvalue weighted by molar-refractivity contribution is -0.126. The Bertz CT molecular complexity index is 572. The van der Waals surface area contributed by atoms with Gasteiger partial charge in [0.2, 0.25) is 11.8 Å². The molecule has 1 aliphatic rings. The number of nitrogens with one attached hydrogen (secondary N) is 2. The SMILES string of the molecule is N#CCC(=O)Nc1cccc(CNC(=O)C2CCCCC2)c1. The van der Waals surface area contributed by atoms with Crippen molar-refractivity contribution >= 4 is 17.5 Å². The van der Waals surface area contributed by atoms with Crippen molar-refractivity contribution in [1.29, 1.82) is 5.26 Å². The second-order valence-electron chi connectivity index (χ2n) is 5.64. The van der Waals surface area contributed by atoms with Crippen LogP contribution in [-0.2, 0) is 16.1 Å². The predicted octanol–water partition coefficient (Wildman–Crippen LogP) is 2.74. The maximum Gasteiger partial charge on any atom is 0.238 e. The summed E-state index contributed by atoms with van der Waals surface area (Å²) < 4.78 is 0. The van der Waals surface area contributed by atoms with Crippen molar-refractivity contribution in [2.45, 2.75) is 45.1 Å². The summed E-state index contributed by atoms with van der Waals surface area (Å²) in [6.07, 6.45) is 5.31. The highest BCUT2D eigenvalue weighted by molar-refractivity contribution is 5.92. The molecule has 0 saturated heterocycles. The number of rotatable bonds is 5. The van der Waals surface area contributed by atoms with Crippen LogP contribution in [-0.4, -0.2) is 11.8 Å². The molecule has 0 radical (unpaired) electrons. The average Bonchev–Trinajstić information content (AvgIpc) is 2.54. The van der Waals surface area contributed by atoms with E-state index in [0.29, 0.717) is 12.2 Å². The van der Waals surface area contributed by atoms with Gasteiger partial charge in [0.15, 0.2) is 0 Å². The third kappa shape index (κ3) is 4.88. The summed E-state index contributed by atoms with van der Waals surface area (Å²) in [6, 6.07) is 9.12. The molecule has 0 bridgehead atoms. The highest BCUT2D eigenvalue weighted by Gasteiger charge is 2.20. The third-order valence-electron chi connectivity index (χ3n) is 3.89. The third-order valence-corrected chi connectivity index (χ3v) is 3.89. The minimum Gasteiger partial charge on any atom is -0.352 e. The molecule has 0 aliphatic heterocycles. The fourth-order valence-corrected chi connectivity index (χ4v) is 2.73. The van der Waals surface area contributed by atoms with E-state index >= 15 is 0 Å². The molecule has 0 unspecified atom stereocenters. The van der Waals surface area contributed by atoms with Gasteiger partial charge in [0.25, 0.3) is 0 Å². The Balaban J connectivity index is 1.86. The van der Waals surface area contributed by atoms with E-state index in [2.05, 4.69) is 10.6 Å². The van der Waals surface area contributed by atoms with Crippen LogP contribution in [0.4, 0.5) is 5.69 Å². The van der Waals surface area contributed by atoms with E-state index in [0.717, 1.165) is 31.2 Å². The molecule has 116 valence electrons. The molecule has 0 heterocycles. The molecule has 22 heavy (non-hydrogen) atoms. The first-order valence-corrected chi connectivity index (χ1v) is 7.72. The first kappa shape index (κ1) is 16.0. The van der Waals surface area contributed by atoms with Gasteiger partial charge in [-0.2, -0.15) is 5.26 Å². The topological polar surface area (TPSA) is 82.0 Å². The molecule has 0 atom stereocenters. The summed E-state index contributed by atoms with van der Waals surface area (Å²) in [6.45, 7) is 0.456. The van der Waals surface area contributed by atoms with Gasteiger partial charge < -0.3 is 10.6 Å². The van der Waals surface area contributed by atoms with Crippen LogP contribution >= 0.6 is 0 Å². The molecular weight excluding hydrogens is 278 g/mol. The second-order valence-corrected chi connectivity index (χ2v) is 5.64. The Labute approximate surface area is 130 Å². The lowest BCUT2D eigenvalue weighted by atomic mass is 9.88. The number of hydrogen-bond acceptors (Lipinski definition) is 3. The molecule has 5 heteroatoms. The molecule has 2 rings (SSSR count). The van der Waals surface area contributed by atoms with Crippen LogP contribution < -0.4 is 10.6 Å². The van der Waals surface area contributed by atoms with E-state index in [1.54, 1.807) is 6.07 Å². The number of nitriles is 1. The highest BCUT2D eigenvalue weighted by Crippen LogP contribution is 2.23. The molecule has 2 N–H and O–H groups in total. The highest BCUT2D eigenvalue weighted by atomic mass is 16.2. The molecule has 0 spiro atoms. The Kier molecular flexibility index (Phi) is 5.96. The van der Waals surface area contributed by atoms with E-state index < -0.39 is 0 Å². The normalized spacial score (nSPS) is 14.9. The van der Waals surface area contributed by atoms with E-state index in [1.165, 1.54) is 6.42 Å². The smallest absolute Gasteiger partial charge is 0.238 e. The summed E-state index contributed by atoms with van der Waals surface area (Å²) in [5.74, 6) is -0.0585. The summed E-state index contributed by atoms with van der Waals surface area (Å²) in [5.41, 5.74) is 1.57. The Morgan fingerprint density at radius 1 is 1.23 bits per heavy atom. The predicted molar refractivity (Wildman–Crippen MR) is 83.7 cm³/mol. The zero-order valence-electron chi connectivity index (χ0n) is 12.6. The second kappa shape index (κ2) is 8.18. The van der Waals surface area contributed by atoms with Gasteiger partial charge in [-0.3, -0.25) is 9.59 Å². The summed E-state index contributed by atoms with van der Waals surface area (Å²) in [4.78, 5) is 23.5. The summed E-state index contributed by atoms with van der Waals surface area (Å²) >= 11 is 0. The molecule has 2 amide bonds. The number of hydrogen-bond donors (Lipinski definition) is 2. The van der Waals surface area contributed by atoms with Gasteiger partial charge in [0.1, 0.15) is 6.42 Å². The van der Waals surface area contributed by atoms with Crippen molar-refractivity contribution in [3.63, 3.8) is 0 Å². The maximum absolute atomic E-state index is 12.1. The zero-order chi connectivity index (χ0) is 15.8. The minimum absolute atomic E-state index is 0.124. The van der Waals surface area contributed by atoms with Crippen molar-refractivity contribution in [1.82, 2.24) is 5.32 Å². The number of carbonyl (C=O) groups is 2. The van der Waals surface area contributed by atoms with Crippen molar-refractivity contribution < 1.29 is 9.59 Å². The van der Waals surface area contributed by atoms with Crippen LogP contribution in [0.2, 0.25) is 0 Å². The fraction of sp³-hybridized carbons (Fsp3) is 0.471. The van der Waals surface area contributed by atoms with Gasteiger partial charge in [-0.1, -0.05) is 31.4 Å². The Morgan fingerprint density at radius 2 is 2.00 bits per heavy atom. The first-order chi connectivity index (χ1) is 10.7. The summed E-state index contributed by atoms with van der Waals surface area (Å²) in [5, 5.41) is 14.1. The van der Waals surface area contributed by atoms with Gasteiger partial charge in [0.05, 0.1) is 6.07 Å². The fourth-order valence-electron chi connectivity index (χ4n) is 2.73. The van der Waals surface area contributed by atoms with Gasteiger partial charge in [-0.15, -0.1) is 0 Å². The largest absolute Gasteiger partial charge is 0.352 e. The van der Waals surface area contributed by atoms with Gasteiger partial charge in [0, 0.05) is 18.2 Å². The van der Waals surface area contributed by atoms with Crippen molar-refractivity contribution in [2.75, 3.05) is 5.32 Å². The van der Waals surface area contributed by atoms with Crippen LogP contribution in [0.5, 0.6) is 0 Å². The number of carbonyl (C=O) groups excluding carboxylic acids is 2. The first-order valence-electron chi connectivity index (χ1n) is 7.72. The van der Waals surface area contributed by atoms with Crippen molar-refractivity contribution in [3.8, 4) is 6.07 Å². The van der Waals surface area contributed by atoms with Crippen molar-refractivity contribution in [2.24, 2.45) is 5.92 Å². The number of benzene rings is 1. The van der Waals surface area contributed by atoms with Crippen LogP contribution in [0.25, 0.3) is 0 Å². The quantitative estimate of drug-likeness (QED) is 0.877. The van der Waals surface area contributed by atoms with E-state index in [4.69, 9.17) is 5.26 Å². The van der Waals surface area contributed by atoms with E-state index in [-0.39, 0.29) is 24.2 Å². The van der Waals surface area contributed by atoms with E-state index in [1.807, 2.05) is 24.3 Å². The van der Waals surface area contributed by atoms with Gasteiger partial charge >= 0.3 is 0 Å². The molecule has 0 aromatic heterocycles. The Hall–Kier alpha value is -2.35. The lowest BCUT2D eigenvalue weighted by Crippen LogP contribution is -2.31. The summed E-state index contributed by atoms with van der Waals surface area (Å²) in [7, 11) is 0. The average molecular weight is 299 g/mol. The van der Waals surface area contributed by atoms with Crippen LogP contribution in [0.1, 0.15) is 44.1 Å². The van der Waals surface area contributed by atoms with Gasteiger partial charge in [-0.05, 0) is 30.5 Å². The molecule has 5 nitrogen and oxygen atoms in total. The molecule has 1 fully saturated rings. The number of nitrogens with zero attached hydrogens (tertiary/aromatic N) is 1. The molecule has 1 aromatic rings. The standard InChI is InChI=1S/C17H21N3O2/c18-10-9-16(21)20-15-8-4-5-13(11-15)12-19-17(22)14-6-2-1-3-7-14/h4-5,8,11,14H,1-3,6-7,9,12H2,(H,19,22)(H,20,21). The maximum atomic E-state index is 12.1. The van der Waals surface area contributed by atoms with Crippen molar-refractivity contribution in [3.05, 3.63) is 29.8 Å². The van der Waals surface area contributed by atoms with Crippen LogP contribution in [0.3, 0.4) is 0 Å².